The predicted molar refractivity (Wildman–Crippen MR) is 85.5 cm³/mol. The Balaban J connectivity index is 0.00000176. The van der Waals surface area contributed by atoms with Gasteiger partial charge < -0.3 is 20.3 Å². The van der Waals surface area contributed by atoms with Gasteiger partial charge in [-0.1, -0.05) is 35.5 Å². The van der Waals surface area contributed by atoms with E-state index in [4.69, 9.17) is 10.3 Å². The smallest absolute Gasteiger partial charge is 0.343 e. The average molecular weight is 324 g/mol. The summed E-state index contributed by atoms with van der Waals surface area (Å²) in [6, 6.07) is 9.16. The number of rotatable bonds is 4. The second-order valence-corrected chi connectivity index (χ2v) is 5.22. The fraction of sp³-hybridized carbons (Fsp3) is 0.333. The lowest BCUT2D eigenvalue weighted by Crippen LogP contribution is -2.24. The minimum absolute atomic E-state index is 0. The van der Waals surface area contributed by atoms with E-state index in [1.54, 1.807) is 0 Å². The standard InChI is InChI=1S/C15H17N3O3.ClH/c16-8-10-6-7-18(9-10)14-12(15(19)20)13(21-17-14)11-4-2-1-3-5-11;/h1-5,10H,6-9,16H2,(H,19,20);1H. The molecule has 1 aromatic carbocycles. The molecule has 6 nitrogen and oxygen atoms in total. The third-order valence-electron chi connectivity index (χ3n) is 3.84. The van der Waals surface area contributed by atoms with E-state index >= 15 is 0 Å². The fourth-order valence-electron chi connectivity index (χ4n) is 2.69. The summed E-state index contributed by atoms with van der Waals surface area (Å²) >= 11 is 0. The van der Waals surface area contributed by atoms with E-state index in [-0.39, 0.29) is 18.0 Å². The minimum Gasteiger partial charge on any atom is -0.477 e. The number of carboxylic acid groups (broad SMARTS) is 1. The number of aromatic nitrogens is 1. The van der Waals surface area contributed by atoms with Crippen molar-refractivity contribution in [1.29, 1.82) is 0 Å². The number of benzene rings is 1. The van der Waals surface area contributed by atoms with Crippen LogP contribution in [-0.4, -0.2) is 35.9 Å². The second-order valence-electron chi connectivity index (χ2n) is 5.22. The Morgan fingerprint density at radius 2 is 2.14 bits per heavy atom. The lowest BCUT2D eigenvalue weighted by atomic mass is 10.1. The lowest BCUT2D eigenvalue weighted by molar-refractivity contribution is 0.0698. The van der Waals surface area contributed by atoms with Crippen LogP contribution in [-0.2, 0) is 0 Å². The highest BCUT2D eigenvalue weighted by molar-refractivity contribution is 5.99. The van der Waals surface area contributed by atoms with E-state index in [2.05, 4.69) is 5.16 Å². The van der Waals surface area contributed by atoms with Crippen molar-refractivity contribution in [2.75, 3.05) is 24.5 Å². The van der Waals surface area contributed by atoms with Crippen molar-refractivity contribution < 1.29 is 14.4 Å². The van der Waals surface area contributed by atoms with Crippen LogP contribution < -0.4 is 10.6 Å². The summed E-state index contributed by atoms with van der Waals surface area (Å²) in [5.74, 6) is 0.0522. The molecule has 1 fully saturated rings. The number of carbonyl (C=O) groups is 1. The molecule has 2 aromatic rings. The molecule has 118 valence electrons. The first-order valence-corrected chi connectivity index (χ1v) is 6.94. The van der Waals surface area contributed by atoms with Gasteiger partial charge in [0.25, 0.3) is 0 Å². The van der Waals surface area contributed by atoms with Crippen molar-refractivity contribution in [2.24, 2.45) is 11.7 Å². The third kappa shape index (κ3) is 2.93. The van der Waals surface area contributed by atoms with Crippen molar-refractivity contribution in [3.63, 3.8) is 0 Å². The van der Waals surface area contributed by atoms with Crippen LogP contribution in [0.25, 0.3) is 11.3 Å². The van der Waals surface area contributed by atoms with Crippen molar-refractivity contribution in [2.45, 2.75) is 6.42 Å². The van der Waals surface area contributed by atoms with Gasteiger partial charge in [-0.25, -0.2) is 4.79 Å². The zero-order valence-corrected chi connectivity index (χ0v) is 12.8. The quantitative estimate of drug-likeness (QED) is 0.896. The molecular weight excluding hydrogens is 306 g/mol. The largest absolute Gasteiger partial charge is 0.477 e. The molecule has 1 aliphatic rings. The van der Waals surface area contributed by atoms with Crippen LogP contribution in [0.5, 0.6) is 0 Å². The van der Waals surface area contributed by atoms with Crippen molar-refractivity contribution in [3.05, 3.63) is 35.9 Å². The molecule has 0 bridgehead atoms. The Hall–Kier alpha value is -2.05. The normalized spacial score (nSPS) is 17.3. The van der Waals surface area contributed by atoms with Gasteiger partial charge in [0.2, 0.25) is 0 Å². The van der Waals surface area contributed by atoms with Gasteiger partial charge in [0.15, 0.2) is 17.1 Å². The summed E-state index contributed by atoms with van der Waals surface area (Å²) in [6.45, 7) is 2.07. The average Bonchev–Trinajstić information content (AvgIpc) is 3.14. The zero-order valence-electron chi connectivity index (χ0n) is 11.9. The Kier molecular flexibility index (Phi) is 5.05. The first-order valence-electron chi connectivity index (χ1n) is 6.94. The summed E-state index contributed by atoms with van der Waals surface area (Å²) in [4.78, 5) is 13.6. The van der Waals surface area contributed by atoms with Gasteiger partial charge in [0, 0.05) is 18.7 Å². The van der Waals surface area contributed by atoms with Crippen LogP contribution in [0.15, 0.2) is 34.9 Å². The highest BCUT2D eigenvalue weighted by Crippen LogP contribution is 2.33. The van der Waals surface area contributed by atoms with Gasteiger partial charge in [-0.05, 0) is 18.9 Å². The summed E-state index contributed by atoms with van der Waals surface area (Å²) in [7, 11) is 0. The maximum atomic E-state index is 11.6. The molecule has 3 N–H and O–H groups in total. The highest BCUT2D eigenvalue weighted by atomic mass is 35.5. The fourth-order valence-corrected chi connectivity index (χ4v) is 2.69. The Labute approximate surface area is 134 Å². The van der Waals surface area contributed by atoms with Crippen molar-refractivity contribution >= 4 is 24.2 Å². The van der Waals surface area contributed by atoms with Crippen LogP contribution in [0.3, 0.4) is 0 Å². The van der Waals surface area contributed by atoms with E-state index in [9.17, 15) is 9.90 Å². The summed E-state index contributed by atoms with van der Waals surface area (Å²) in [6.07, 6.45) is 0.948. The molecule has 1 unspecified atom stereocenters. The van der Waals surface area contributed by atoms with E-state index in [0.717, 1.165) is 19.5 Å². The van der Waals surface area contributed by atoms with E-state index in [0.29, 0.717) is 29.6 Å². The lowest BCUT2D eigenvalue weighted by Gasteiger charge is -2.15. The number of nitrogens with two attached hydrogens (primary N) is 1. The van der Waals surface area contributed by atoms with E-state index in [1.165, 1.54) is 0 Å². The van der Waals surface area contributed by atoms with Gasteiger partial charge in [-0.2, -0.15) is 0 Å². The van der Waals surface area contributed by atoms with Crippen LogP contribution in [0.4, 0.5) is 5.82 Å². The predicted octanol–water partition coefficient (Wildman–Crippen LogP) is 2.25. The highest BCUT2D eigenvalue weighted by Gasteiger charge is 2.31. The summed E-state index contributed by atoms with van der Waals surface area (Å²) in [5.41, 5.74) is 6.52. The molecule has 7 heteroatoms. The summed E-state index contributed by atoms with van der Waals surface area (Å²) in [5, 5.41) is 13.5. The van der Waals surface area contributed by atoms with Crippen LogP contribution in [0.1, 0.15) is 16.8 Å². The van der Waals surface area contributed by atoms with Crippen LogP contribution >= 0.6 is 12.4 Å². The molecule has 1 atom stereocenters. The number of halogens is 1. The molecule has 0 amide bonds. The molecule has 0 spiro atoms. The molecule has 22 heavy (non-hydrogen) atoms. The van der Waals surface area contributed by atoms with Gasteiger partial charge >= 0.3 is 5.97 Å². The Morgan fingerprint density at radius 3 is 2.73 bits per heavy atom. The van der Waals surface area contributed by atoms with Gasteiger partial charge in [-0.15, -0.1) is 12.4 Å². The van der Waals surface area contributed by atoms with Crippen molar-refractivity contribution in [1.82, 2.24) is 5.16 Å². The molecule has 0 saturated carbocycles. The molecule has 1 aliphatic heterocycles. The summed E-state index contributed by atoms with van der Waals surface area (Å²) < 4.78 is 5.32. The van der Waals surface area contributed by atoms with Crippen LogP contribution in [0, 0.1) is 5.92 Å². The van der Waals surface area contributed by atoms with Gasteiger partial charge in [0.1, 0.15) is 0 Å². The van der Waals surface area contributed by atoms with E-state index in [1.807, 2.05) is 35.2 Å². The van der Waals surface area contributed by atoms with Gasteiger partial charge in [-0.3, -0.25) is 0 Å². The van der Waals surface area contributed by atoms with E-state index < -0.39 is 5.97 Å². The maximum Gasteiger partial charge on any atom is 0.343 e. The third-order valence-corrected chi connectivity index (χ3v) is 3.84. The number of nitrogens with zero attached hydrogens (tertiary/aromatic N) is 2. The molecule has 1 aromatic heterocycles. The van der Waals surface area contributed by atoms with Gasteiger partial charge in [0.05, 0.1) is 0 Å². The topological polar surface area (TPSA) is 92.6 Å². The first-order chi connectivity index (χ1) is 10.2. The SMILES string of the molecule is Cl.NCC1CCN(c2noc(-c3ccccc3)c2C(=O)O)C1. The number of aromatic carboxylic acids is 1. The maximum absolute atomic E-state index is 11.6. The molecule has 0 radical (unpaired) electrons. The molecule has 3 rings (SSSR count). The monoisotopic (exact) mass is 323 g/mol. The number of hydrogen-bond acceptors (Lipinski definition) is 5. The minimum atomic E-state index is -1.03. The second kappa shape index (κ2) is 6.81. The van der Waals surface area contributed by atoms with Crippen LogP contribution in [0.2, 0.25) is 0 Å². The molecule has 0 aliphatic carbocycles. The first kappa shape index (κ1) is 16.3. The molecule has 1 saturated heterocycles. The Bertz CT molecular complexity index is 645. The molecular formula is C15H18ClN3O3. The Morgan fingerprint density at radius 1 is 1.41 bits per heavy atom. The number of hydrogen-bond donors (Lipinski definition) is 2. The number of carboxylic acids is 1. The number of anilines is 1. The molecule has 2 heterocycles. The van der Waals surface area contributed by atoms with Crippen molar-refractivity contribution in [3.8, 4) is 11.3 Å². The zero-order chi connectivity index (χ0) is 14.8.